The van der Waals surface area contributed by atoms with Crippen LogP contribution in [-0.2, 0) is 9.53 Å². The van der Waals surface area contributed by atoms with Gasteiger partial charge in [-0.3, -0.25) is 0 Å². The lowest BCUT2D eigenvalue weighted by Gasteiger charge is -2.33. The van der Waals surface area contributed by atoms with Gasteiger partial charge in [-0.05, 0) is 41.5 Å². The molecule has 0 radical (unpaired) electrons. The van der Waals surface area contributed by atoms with Gasteiger partial charge in [-0.15, -0.1) is 0 Å². The normalized spacial score (nSPS) is 25.3. The number of esters is 1. The minimum atomic E-state index is -1.44. The van der Waals surface area contributed by atoms with Crippen LogP contribution < -0.4 is 5.73 Å². The van der Waals surface area contributed by atoms with Gasteiger partial charge in [0.15, 0.2) is 5.60 Å². The predicted molar refractivity (Wildman–Crippen MR) is 96.1 cm³/mol. The molecule has 4 heteroatoms. The molecule has 1 saturated carbocycles. The molecule has 0 aliphatic heterocycles. The molecule has 0 aromatic heterocycles. The fourth-order valence-electron chi connectivity index (χ4n) is 4.21. The predicted octanol–water partition coefficient (Wildman–Crippen LogP) is 2.97. The Morgan fingerprint density at radius 2 is 1.72 bits per heavy atom. The average molecular weight is 337 g/mol. The molecule has 1 fully saturated rings. The number of hydrogen-bond donors (Lipinski definition) is 2. The minimum absolute atomic E-state index is 0.0113. The maximum atomic E-state index is 12.5. The van der Waals surface area contributed by atoms with Crippen molar-refractivity contribution < 1.29 is 14.6 Å². The van der Waals surface area contributed by atoms with E-state index in [2.05, 4.69) is 24.3 Å². The third kappa shape index (κ3) is 2.86. The van der Waals surface area contributed by atoms with Crippen LogP contribution in [0.3, 0.4) is 0 Å². The third-order valence-electron chi connectivity index (χ3n) is 5.49. The van der Waals surface area contributed by atoms with Gasteiger partial charge in [0.25, 0.3) is 0 Å². The van der Waals surface area contributed by atoms with E-state index in [1.54, 1.807) is 0 Å². The lowest BCUT2D eigenvalue weighted by Crippen LogP contribution is -2.48. The molecular formula is C21H23NO3. The van der Waals surface area contributed by atoms with Gasteiger partial charge < -0.3 is 15.6 Å². The first-order valence-corrected chi connectivity index (χ1v) is 8.92. The number of hydrogen-bond acceptors (Lipinski definition) is 4. The van der Waals surface area contributed by atoms with Crippen LogP contribution in [0.15, 0.2) is 48.5 Å². The van der Waals surface area contributed by atoms with Crippen LogP contribution in [0.1, 0.15) is 42.7 Å². The first kappa shape index (κ1) is 16.3. The first-order valence-electron chi connectivity index (χ1n) is 8.92. The second-order valence-electron chi connectivity index (χ2n) is 7.21. The van der Waals surface area contributed by atoms with E-state index < -0.39 is 11.6 Å². The molecule has 3 N–H and O–H groups in total. The summed E-state index contributed by atoms with van der Waals surface area (Å²) in [6, 6.07) is 16.3. The SMILES string of the molecule is N[C@@H]1CCC[C@@](O)(C(=O)OCC2c3ccccc3-c3ccccc32)C1. The largest absolute Gasteiger partial charge is 0.463 e. The molecule has 130 valence electrons. The molecule has 2 aromatic rings. The van der Waals surface area contributed by atoms with Crippen molar-refractivity contribution in [3.8, 4) is 11.1 Å². The zero-order valence-electron chi connectivity index (χ0n) is 14.2. The van der Waals surface area contributed by atoms with E-state index in [0.29, 0.717) is 6.42 Å². The molecule has 4 nitrogen and oxygen atoms in total. The number of carbonyl (C=O) groups is 1. The van der Waals surface area contributed by atoms with Crippen LogP contribution in [0, 0.1) is 0 Å². The number of aliphatic hydroxyl groups is 1. The van der Waals surface area contributed by atoms with Gasteiger partial charge in [0.05, 0.1) is 0 Å². The molecule has 2 aliphatic carbocycles. The summed E-state index contributed by atoms with van der Waals surface area (Å²) in [7, 11) is 0. The van der Waals surface area contributed by atoms with Crippen molar-refractivity contribution in [1.29, 1.82) is 0 Å². The zero-order chi connectivity index (χ0) is 17.4. The van der Waals surface area contributed by atoms with Gasteiger partial charge in [-0.1, -0.05) is 48.5 Å². The standard InChI is InChI=1S/C21H23NO3/c22-14-6-5-11-21(24,12-14)20(23)25-13-19-17-9-3-1-7-15(17)16-8-2-4-10-18(16)19/h1-4,7-10,14,19,24H,5-6,11-13,22H2/t14-,21+/m1/s1. The van der Waals surface area contributed by atoms with E-state index in [1.807, 2.05) is 24.3 Å². The van der Waals surface area contributed by atoms with Gasteiger partial charge >= 0.3 is 5.97 Å². The molecule has 0 amide bonds. The number of rotatable bonds is 3. The number of nitrogens with two attached hydrogens (primary N) is 1. The highest BCUT2D eigenvalue weighted by molar-refractivity contribution is 5.81. The van der Waals surface area contributed by atoms with Gasteiger partial charge in [-0.2, -0.15) is 0 Å². The molecular weight excluding hydrogens is 314 g/mol. The molecule has 0 saturated heterocycles. The summed E-state index contributed by atoms with van der Waals surface area (Å²) in [5.74, 6) is -0.526. The van der Waals surface area contributed by atoms with Gasteiger partial charge in [0.2, 0.25) is 0 Å². The molecule has 0 bridgehead atoms. The molecule has 4 rings (SSSR count). The number of benzene rings is 2. The highest BCUT2D eigenvalue weighted by Crippen LogP contribution is 2.44. The van der Waals surface area contributed by atoms with Crippen molar-refractivity contribution >= 4 is 5.97 Å². The van der Waals surface area contributed by atoms with Crippen molar-refractivity contribution in [2.75, 3.05) is 6.61 Å². The Labute approximate surface area is 147 Å². The Balaban J connectivity index is 1.54. The summed E-state index contributed by atoms with van der Waals surface area (Å²) < 4.78 is 5.59. The molecule has 0 heterocycles. The van der Waals surface area contributed by atoms with Crippen molar-refractivity contribution in [2.24, 2.45) is 5.73 Å². The number of ether oxygens (including phenoxy) is 1. The smallest absolute Gasteiger partial charge is 0.338 e. The summed E-state index contributed by atoms with van der Waals surface area (Å²) in [5, 5.41) is 10.6. The second-order valence-corrected chi connectivity index (χ2v) is 7.21. The molecule has 0 spiro atoms. The maximum Gasteiger partial charge on any atom is 0.338 e. The fraction of sp³-hybridized carbons (Fsp3) is 0.381. The lowest BCUT2D eigenvalue weighted by molar-refractivity contribution is -0.169. The fourth-order valence-corrected chi connectivity index (χ4v) is 4.21. The Morgan fingerprint density at radius 3 is 2.32 bits per heavy atom. The van der Waals surface area contributed by atoms with Crippen LogP contribution in [0.2, 0.25) is 0 Å². The summed E-state index contributed by atoms with van der Waals surface area (Å²) in [6.07, 6.45) is 2.31. The van der Waals surface area contributed by atoms with Crippen LogP contribution in [0.25, 0.3) is 11.1 Å². The lowest BCUT2D eigenvalue weighted by atomic mass is 9.82. The third-order valence-corrected chi connectivity index (χ3v) is 5.49. The zero-order valence-corrected chi connectivity index (χ0v) is 14.2. The minimum Gasteiger partial charge on any atom is -0.463 e. The second kappa shape index (κ2) is 6.28. The molecule has 2 aromatic carbocycles. The van der Waals surface area contributed by atoms with Crippen molar-refractivity contribution in [3.63, 3.8) is 0 Å². The van der Waals surface area contributed by atoms with Crippen molar-refractivity contribution in [2.45, 2.75) is 43.2 Å². The van der Waals surface area contributed by atoms with Gasteiger partial charge in [-0.25, -0.2) is 4.79 Å². The average Bonchev–Trinajstić information content (AvgIpc) is 2.93. The van der Waals surface area contributed by atoms with Crippen LogP contribution >= 0.6 is 0 Å². The first-order chi connectivity index (χ1) is 12.1. The summed E-state index contributed by atoms with van der Waals surface area (Å²) in [5.41, 5.74) is 9.21. The Hall–Kier alpha value is -2.17. The van der Waals surface area contributed by atoms with E-state index in [0.717, 1.165) is 12.8 Å². The Morgan fingerprint density at radius 1 is 1.12 bits per heavy atom. The summed E-state index contributed by atoms with van der Waals surface area (Å²) in [6.45, 7) is 0.240. The topological polar surface area (TPSA) is 72.5 Å². The summed E-state index contributed by atoms with van der Waals surface area (Å²) >= 11 is 0. The Kier molecular flexibility index (Phi) is 4.10. The maximum absolute atomic E-state index is 12.5. The van der Waals surface area contributed by atoms with E-state index in [1.165, 1.54) is 22.3 Å². The van der Waals surface area contributed by atoms with E-state index in [4.69, 9.17) is 10.5 Å². The van der Waals surface area contributed by atoms with Crippen molar-refractivity contribution in [1.82, 2.24) is 0 Å². The van der Waals surface area contributed by atoms with Crippen LogP contribution in [0.5, 0.6) is 0 Å². The number of carbonyl (C=O) groups excluding carboxylic acids is 1. The highest BCUT2D eigenvalue weighted by Gasteiger charge is 2.42. The van der Waals surface area contributed by atoms with Crippen LogP contribution in [0.4, 0.5) is 0 Å². The van der Waals surface area contributed by atoms with Crippen molar-refractivity contribution in [3.05, 3.63) is 59.7 Å². The summed E-state index contributed by atoms with van der Waals surface area (Å²) in [4.78, 5) is 12.5. The van der Waals surface area contributed by atoms with E-state index in [9.17, 15) is 9.90 Å². The number of fused-ring (bicyclic) bond motifs is 3. The van der Waals surface area contributed by atoms with Gasteiger partial charge in [0.1, 0.15) is 6.61 Å². The molecule has 25 heavy (non-hydrogen) atoms. The Bertz CT molecular complexity index is 758. The molecule has 2 atom stereocenters. The van der Waals surface area contributed by atoms with E-state index in [-0.39, 0.29) is 25.0 Å². The highest BCUT2D eigenvalue weighted by atomic mass is 16.5. The quantitative estimate of drug-likeness (QED) is 0.845. The molecule has 0 unspecified atom stereocenters. The van der Waals surface area contributed by atoms with E-state index >= 15 is 0 Å². The molecule has 2 aliphatic rings. The monoisotopic (exact) mass is 337 g/mol. The van der Waals surface area contributed by atoms with Gasteiger partial charge in [0, 0.05) is 18.4 Å². The van der Waals surface area contributed by atoms with Crippen LogP contribution in [-0.4, -0.2) is 29.3 Å².